The summed E-state index contributed by atoms with van der Waals surface area (Å²) in [5.41, 5.74) is 3.90. The van der Waals surface area contributed by atoms with Crippen LogP contribution in [0.5, 0.6) is 0 Å². The van der Waals surface area contributed by atoms with Crippen LogP contribution in [0, 0.1) is 25.2 Å². The van der Waals surface area contributed by atoms with E-state index < -0.39 is 0 Å². The van der Waals surface area contributed by atoms with Crippen LogP contribution in [0.3, 0.4) is 0 Å². The van der Waals surface area contributed by atoms with Gasteiger partial charge in [0, 0.05) is 25.0 Å². The van der Waals surface area contributed by atoms with Gasteiger partial charge in [0.2, 0.25) is 0 Å². The van der Waals surface area contributed by atoms with Crippen LogP contribution in [0.15, 0.2) is 41.1 Å². The summed E-state index contributed by atoms with van der Waals surface area (Å²) in [5.74, 6) is 1.32. The highest BCUT2D eigenvalue weighted by atomic mass is 16.5. The molecule has 0 aliphatic heterocycles. The van der Waals surface area contributed by atoms with Gasteiger partial charge in [-0.05, 0) is 37.6 Å². The Labute approximate surface area is 140 Å². The predicted molar refractivity (Wildman–Crippen MR) is 90.3 cm³/mol. The normalized spacial score (nSPS) is 10.4. The Bertz CT molecular complexity index is 896. The van der Waals surface area contributed by atoms with Crippen molar-refractivity contribution in [1.82, 2.24) is 15.1 Å². The van der Waals surface area contributed by atoms with Crippen LogP contribution < -0.4 is 4.90 Å². The molecule has 3 aromatic rings. The number of hydrogen-bond acceptors (Lipinski definition) is 6. The molecule has 0 saturated heterocycles. The van der Waals surface area contributed by atoms with Crippen molar-refractivity contribution in [3.8, 4) is 17.5 Å². The fraction of sp³-hybridized carbons (Fsp3) is 0.222. The number of pyridine rings is 2. The molecule has 0 aliphatic rings. The van der Waals surface area contributed by atoms with E-state index in [1.54, 1.807) is 6.20 Å². The van der Waals surface area contributed by atoms with Crippen LogP contribution in [-0.2, 0) is 6.54 Å². The molecule has 0 atom stereocenters. The molecule has 120 valence electrons. The lowest BCUT2D eigenvalue weighted by Gasteiger charge is -2.18. The number of hydrogen-bond donors (Lipinski definition) is 0. The molecule has 3 rings (SSSR count). The van der Waals surface area contributed by atoms with E-state index in [0.717, 1.165) is 17.0 Å². The Morgan fingerprint density at radius 3 is 2.75 bits per heavy atom. The second-order valence-electron chi connectivity index (χ2n) is 5.62. The van der Waals surface area contributed by atoms with E-state index in [1.807, 2.05) is 56.1 Å². The Morgan fingerprint density at radius 2 is 2.04 bits per heavy atom. The van der Waals surface area contributed by atoms with Gasteiger partial charge in [-0.25, -0.2) is 4.98 Å². The van der Waals surface area contributed by atoms with Crippen LogP contribution in [0.1, 0.15) is 22.6 Å². The molecular formula is C18H17N5O. The molecule has 0 saturated carbocycles. The summed E-state index contributed by atoms with van der Waals surface area (Å²) in [5, 5.41) is 13.4. The molecule has 0 spiro atoms. The molecule has 0 bridgehead atoms. The van der Waals surface area contributed by atoms with Gasteiger partial charge in [-0.2, -0.15) is 5.26 Å². The first-order valence-corrected chi connectivity index (χ1v) is 7.55. The average molecular weight is 319 g/mol. The quantitative estimate of drug-likeness (QED) is 0.734. The summed E-state index contributed by atoms with van der Waals surface area (Å²) in [6.45, 7) is 4.34. The molecule has 0 amide bonds. The Kier molecular flexibility index (Phi) is 4.25. The lowest BCUT2D eigenvalue weighted by Crippen LogP contribution is -2.19. The van der Waals surface area contributed by atoms with Crippen molar-refractivity contribution in [2.24, 2.45) is 0 Å². The molecule has 0 radical (unpaired) electrons. The van der Waals surface area contributed by atoms with Crippen LogP contribution in [0.25, 0.3) is 11.4 Å². The molecule has 3 heterocycles. The number of nitriles is 1. The van der Waals surface area contributed by atoms with Gasteiger partial charge in [0.15, 0.2) is 5.76 Å². The molecule has 24 heavy (non-hydrogen) atoms. The second-order valence-corrected chi connectivity index (χ2v) is 5.62. The average Bonchev–Trinajstić information content (AvgIpc) is 3.06. The SMILES string of the molecule is Cc1cc(C#N)c(N(C)Cc2cc(-c3ccccn3)no2)nc1C. The highest BCUT2D eigenvalue weighted by Crippen LogP contribution is 2.22. The predicted octanol–water partition coefficient (Wildman–Crippen LogP) is 3.26. The highest BCUT2D eigenvalue weighted by molar-refractivity contribution is 5.56. The van der Waals surface area contributed by atoms with E-state index >= 15 is 0 Å². The fourth-order valence-electron chi connectivity index (χ4n) is 2.40. The minimum absolute atomic E-state index is 0.462. The number of aryl methyl sites for hydroxylation is 2. The van der Waals surface area contributed by atoms with Crippen molar-refractivity contribution in [2.75, 3.05) is 11.9 Å². The Balaban J connectivity index is 1.84. The van der Waals surface area contributed by atoms with Crippen molar-refractivity contribution < 1.29 is 4.52 Å². The zero-order valence-corrected chi connectivity index (χ0v) is 13.8. The van der Waals surface area contributed by atoms with Crippen molar-refractivity contribution >= 4 is 5.82 Å². The maximum atomic E-state index is 9.34. The third-order valence-corrected chi connectivity index (χ3v) is 3.81. The van der Waals surface area contributed by atoms with Gasteiger partial charge in [0.25, 0.3) is 0 Å². The second kappa shape index (κ2) is 6.50. The van der Waals surface area contributed by atoms with Gasteiger partial charge in [0.1, 0.15) is 17.6 Å². The topological polar surface area (TPSA) is 78.8 Å². The van der Waals surface area contributed by atoms with Crippen molar-refractivity contribution in [3.63, 3.8) is 0 Å². The third kappa shape index (κ3) is 3.10. The summed E-state index contributed by atoms with van der Waals surface area (Å²) in [6.07, 6.45) is 1.72. The Hall–Kier alpha value is -3.20. The smallest absolute Gasteiger partial charge is 0.156 e. The molecular weight excluding hydrogens is 302 g/mol. The van der Waals surface area contributed by atoms with E-state index in [1.165, 1.54) is 0 Å². The molecule has 3 aromatic heterocycles. The van der Waals surface area contributed by atoms with E-state index in [-0.39, 0.29) is 0 Å². The van der Waals surface area contributed by atoms with E-state index in [0.29, 0.717) is 29.4 Å². The summed E-state index contributed by atoms with van der Waals surface area (Å²) >= 11 is 0. The molecule has 0 N–H and O–H groups in total. The maximum absolute atomic E-state index is 9.34. The van der Waals surface area contributed by atoms with Gasteiger partial charge in [-0.15, -0.1) is 0 Å². The van der Waals surface area contributed by atoms with E-state index in [4.69, 9.17) is 4.52 Å². The standard InChI is InChI=1S/C18H17N5O/c1-12-8-14(10-19)18(21-13(12)2)23(3)11-15-9-17(22-24-15)16-6-4-5-7-20-16/h4-9H,11H2,1-3H3. The minimum atomic E-state index is 0.462. The highest BCUT2D eigenvalue weighted by Gasteiger charge is 2.15. The summed E-state index contributed by atoms with van der Waals surface area (Å²) in [7, 11) is 1.88. The fourth-order valence-corrected chi connectivity index (χ4v) is 2.40. The van der Waals surface area contributed by atoms with Crippen molar-refractivity contribution in [1.29, 1.82) is 5.26 Å². The first-order chi connectivity index (χ1) is 11.6. The number of nitrogens with zero attached hydrogens (tertiary/aromatic N) is 5. The molecule has 0 aromatic carbocycles. The zero-order valence-electron chi connectivity index (χ0n) is 13.8. The van der Waals surface area contributed by atoms with Crippen molar-refractivity contribution in [3.05, 3.63) is 59.1 Å². The lowest BCUT2D eigenvalue weighted by molar-refractivity contribution is 0.384. The van der Waals surface area contributed by atoms with Gasteiger partial charge in [0.05, 0.1) is 17.8 Å². The van der Waals surface area contributed by atoms with Crippen LogP contribution >= 0.6 is 0 Å². The maximum Gasteiger partial charge on any atom is 0.156 e. The first kappa shape index (κ1) is 15.7. The van der Waals surface area contributed by atoms with Crippen LogP contribution in [-0.4, -0.2) is 22.2 Å². The van der Waals surface area contributed by atoms with Crippen LogP contribution in [0.2, 0.25) is 0 Å². The molecule has 6 nitrogen and oxygen atoms in total. The number of rotatable bonds is 4. The van der Waals surface area contributed by atoms with Gasteiger partial charge < -0.3 is 9.42 Å². The largest absolute Gasteiger partial charge is 0.359 e. The zero-order chi connectivity index (χ0) is 17.1. The minimum Gasteiger partial charge on any atom is -0.359 e. The monoisotopic (exact) mass is 319 g/mol. The molecule has 0 fully saturated rings. The van der Waals surface area contributed by atoms with Gasteiger partial charge >= 0.3 is 0 Å². The van der Waals surface area contributed by atoms with E-state index in [9.17, 15) is 5.26 Å². The summed E-state index contributed by atoms with van der Waals surface area (Å²) < 4.78 is 5.40. The first-order valence-electron chi connectivity index (χ1n) is 7.55. The number of aromatic nitrogens is 3. The van der Waals surface area contributed by atoms with Gasteiger partial charge in [-0.1, -0.05) is 11.2 Å². The van der Waals surface area contributed by atoms with Crippen LogP contribution in [0.4, 0.5) is 5.82 Å². The molecule has 0 aliphatic carbocycles. The molecule has 6 heteroatoms. The summed E-state index contributed by atoms with van der Waals surface area (Å²) in [4.78, 5) is 10.7. The van der Waals surface area contributed by atoms with Gasteiger partial charge in [-0.3, -0.25) is 4.98 Å². The van der Waals surface area contributed by atoms with Crippen molar-refractivity contribution in [2.45, 2.75) is 20.4 Å². The summed E-state index contributed by atoms with van der Waals surface area (Å²) in [6, 6.07) is 11.5. The lowest BCUT2D eigenvalue weighted by atomic mass is 10.1. The van der Waals surface area contributed by atoms with E-state index in [2.05, 4.69) is 21.2 Å². The number of anilines is 1. The third-order valence-electron chi connectivity index (χ3n) is 3.81. The Morgan fingerprint density at radius 1 is 1.21 bits per heavy atom. The molecule has 0 unspecified atom stereocenters.